The van der Waals surface area contributed by atoms with Crippen LogP contribution in [0.25, 0.3) is 0 Å². The Morgan fingerprint density at radius 1 is 1.67 bits per heavy atom. The van der Waals surface area contributed by atoms with E-state index in [2.05, 4.69) is 26.1 Å². The van der Waals surface area contributed by atoms with Gasteiger partial charge in [-0.25, -0.2) is 0 Å². The van der Waals surface area contributed by atoms with E-state index in [0.717, 1.165) is 19.3 Å². The van der Waals surface area contributed by atoms with E-state index in [4.69, 9.17) is 18.0 Å². The van der Waals surface area contributed by atoms with Crippen LogP contribution in [0, 0.1) is 11.3 Å². The zero-order chi connectivity index (χ0) is 11.6. The summed E-state index contributed by atoms with van der Waals surface area (Å²) in [5, 5.41) is 2.93. The fourth-order valence-electron chi connectivity index (χ4n) is 1.76. The van der Waals surface area contributed by atoms with Crippen molar-refractivity contribution < 1.29 is 4.79 Å². The van der Waals surface area contributed by atoms with Crippen molar-refractivity contribution in [1.82, 2.24) is 5.32 Å². The van der Waals surface area contributed by atoms with Gasteiger partial charge in [0.25, 0.3) is 0 Å². The molecular formula is C11H20N2OS. The van der Waals surface area contributed by atoms with Gasteiger partial charge in [0, 0.05) is 5.92 Å². The monoisotopic (exact) mass is 228 g/mol. The van der Waals surface area contributed by atoms with Gasteiger partial charge in [-0.3, -0.25) is 4.79 Å². The van der Waals surface area contributed by atoms with Gasteiger partial charge in [-0.15, -0.1) is 0 Å². The van der Waals surface area contributed by atoms with Crippen LogP contribution in [0.1, 0.15) is 40.0 Å². The summed E-state index contributed by atoms with van der Waals surface area (Å²) < 4.78 is 0. The van der Waals surface area contributed by atoms with E-state index >= 15 is 0 Å². The highest BCUT2D eigenvalue weighted by Crippen LogP contribution is 2.51. The molecule has 3 N–H and O–H groups in total. The van der Waals surface area contributed by atoms with Crippen molar-refractivity contribution in [2.45, 2.75) is 46.1 Å². The molecule has 0 saturated heterocycles. The van der Waals surface area contributed by atoms with E-state index in [1.54, 1.807) is 0 Å². The Hall–Kier alpha value is -0.640. The second kappa shape index (κ2) is 4.47. The number of nitrogens with one attached hydrogen (secondary N) is 1. The summed E-state index contributed by atoms with van der Waals surface area (Å²) in [5.41, 5.74) is 5.74. The molecule has 1 fully saturated rings. The Kier molecular flexibility index (Phi) is 3.71. The summed E-state index contributed by atoms with van der Waals surface area (Å²) in [4.78, 5) is 12.2. The third-order valence-corrected chi connectivity index (χ3v) is 3.35. The second-order valence-corrected chi connectivity index (χ2v) is 5.47. The summed E-state index contributed by atoms with van der Waals surface area (Å²) in [7, 11) is 0. The Morgan fingerprint density at radius 3 is 2.53 bits per heavy atom. The molecule has 0 radical (unpaired) electrons. The number of thiocarbonyl (C=S) groups is 1. The summed E-state index contributed by atoms with van der Waals surface area (Å²) in [6.07, 6.45) is 2.76. The first-order valence-electron chi connectivity index (χ1n) is 5.48. The molecule has 0 aromatic heterocycles. The minimum atomic E-state index is -0.131. The Labute approximate surface area is 96.8 Å². The second-order valence-electron chi connectivity index (χ2n) is 5.00. The number of rotatable bonds is 5. The van der Waals surface area contributed by atoms with Crippen molar-refractivity contribution in [3.05, 3.63) is 0 Å². The number of carbonyl (C=O) groups is 1. The number of amides is 1. The third-order valence-electron chi connectivity index (χ3n) is 3.07. The van der Waals surface area contributed by atoms with Crippen LogP contribution >= 0.6 is 12.2 Å². The van der Waals surface area contributed by atoms with Crippen LogP contribution in [0.15, 0.2) is 0 Å². The number of nitrogens with two attached hydrogens (primary N) is 1. The molecule has 1 amide bonds. The van der Waals surface area contributed by atoms with Crippen molar-refractivity contribution >= 4 is 23.1 Å². The van der Waals surface area contributed by atoms with Crippen LogP contribution in [0.3, 0.4) is 0 Å². The largest absolute Gasteiger partial charge is 0.392 e. The van der Waals surface area contributed by atoms with Gasteiger partial charge in [0.05, 0.1) is 11.0 Å². The standard InChI is InChI=1S/C11H20N2OS/c1-4-5-8(9(12)15)13-10(14)7-6-11(7,2)3/h7-8H,4-6H2,1-3H3,(H2,12,15)(H,13,14). The molecule has 0 spiro atoms. The average Bonchev–Trinajstić information content (AvgIpc) is 2.74. The predicted octanol–water partition coefficient (Wildman–Crippen LogP) is 1.60. The summed E-state index contributed by atoms with van der Waals surface area (Å²) in [6, 6.07) is -0.131. The molecule has 0 heterocycles. The van der Waals surface area contributed by atoms with Crippen LogP contribution < -0.4 is 11.1 Å². The highest BCUT2D eigenvalue weighted by atomic mass is 32.1. The molecule has 0 aromatic rings. The van der Waals surface area contributed by atoms with Gasteiger partial charge in [0.15, 0.2) is 0 Å². The molecule has 0 aliphatic heterocycles. The molecule has 2 atom stereocenters. The van der Waals surface area contributed by atoms with Crippen molar-refractivity contribution in [2.24, 2.45) is 17.1 Å². The molecular weight excluding hydrogens is 208 g/mol. The number of hydrogen-bond acceptors (Lipinski definition) is 2. The molecule has 0 aromatic carbocycles. The van der Waals surface area contributed by atoms with E-state index in [0.29, 0.717) is 4.99 Å². The Bertz CT molecular complexity index is 276. The summed E-state index contributed by atoms with van der Waals surface area (Å²) in [6.45, 7) is 6.26. The first-order chi connectivity index (χ1) is 6.88. The van der Waals surface area contributed by atoms with Crippen LogP contribution in [0.5, 0.6) is 0 Å². The topological polar surface area (TPSA) is 55.1 Å². The highest BCUT2D eigenvalue weighted by molar-refractivity contribution is 7.80. The van der Waals surface area contributed by atoms with Gasteiger partial charge < -0.3 is 11.1 Å². The Morgan fingerprint density at radius 2 is 2.20 bits per heavy atom. The fourth-order valence-corrected chi connectivity index (χ4v) is 1.94. The molecule has 2 unspecified atom stereocenters. The van der Waals surface area contributed by atoms with Crippen molar-refractivity contribution in [2.75, 3.05) is 0 Å². The van der Waals surface area contributed by atoms with E-state index in [1.807, 2.05) is 0 Å². The van der Waals surface area contributed by atoms with Crippen molar-refractivity contribution in [1.29, 1.82) is 0 Å². The van der Waals surface area contributed by atoms with Gasteiger partial charge in [0.2, 0.25) is 5.91 Å². The van der Waals surface area contributed by atoms with Crippen LogP contribution in [0.4, 0.5) is 0 Å². The lowest BCUT2D eigenvalue weighted by atomic mass is 10.1. The van der Waals surface area contributed by atoms with Gasteiger partial charge in [-0.2, -0.15) is 0 Å². The first-order valence-corrected chi connectivity index (χ1v) is 5.89. The van der Waals surface area contributed by atoms with E-state index in [9.17, 15) is 4.79 Å². The minimum Gasteiger partial charge on any atom is -0.392 e. The normalized spacial score (nSPS) is 24.3. The summed E-state index contributed by atoms with van der Waals surface area (Å²) in [5.74, 6) is 0.248. The van der Waals surface area contributed by atoms with Gasteiger partial charge in [-0.1, -0.05) is 39.4 Å². The molecule has 0 bridgehead atoms. The van der Waals surface area contributed by atoms with Crippen LogP contribution in [0.2, 0.25) is 0 Å². The minimum absolute atomic E-state index is 0.103. The molecule has 1 saturated carbocycles. The number of carbonyl (C=O) groups excluding carboxylic acids is 1. The maximum Gasteiger partial charge on any atom is 0.224 e. The van der Waals surface area contributed by atoms with Crippen LogP contribution in [-0.2, 0) is 4.79 Å². The first kappa shape index (κ1) is 12.4. The van der Waals surface area contributed by atoms with E-state index in [-0.39, 0.29) is 23.3 Å². The lowest BCUT2D eigenvalue weighted by molar-refractivity contribution is -0.123. The van der Waals surface area contributed by atoms with Gasteiger partial charge in [0.1, 0.15) is 0 Å². The van der Waals surface area contributed by atoms with E-state index in [1.165, 1.54) is 0 Å². The number of hydrogen-bond donors (Lipinski definition) is 2. The molecule has 3 nitrogen and oxygen atoms in total. The molecule has 4 heteroatoms. The van der Waals surface area contributed by atoms with Crippen LogP contribution in [-0.4, -0.2) is 16.9 Å². The average molecular weight is 228 g/mol. The molecule has 1 rings (SSSR count). The summed E-state index contributed by atoms with van der Waals surface area (Å²) >= 11 is 4.93. The van der Waals surface area contributed by atoms with Gasteiger partial charge >= 0.3 is 0 Å². The maximum absolute atomic E-state index is 11.8. The van der Waals surface area contributed by atoms with E-state index < -0.39 is 0 Å². The highest BCUT2D eigenvalue weighted by Gasteiger charge is 2.50. The molecule has 1 aliphatic carbocycles. The maximum atomic E-state index is 11.8. The SMILES string of the molecule is CCCC(NC(=O)C1CC1(C)C)C(N)=S. The van der Waals surface area contributed by atoms with Gasteiger partial charge in [-0.05, 0) is 18.3 Å². The molecule has 15 heavy (non-hydrogen) atoms. The van der Waals surface area contributed by atoms with Crippen molar-refractivity contribution in [3.63, 3.8) is 0 Å². The lowest BCUT2D eigenvalue weighted by Gasteiger charge is -2.17. The molecule has 86 valence electrons. The van der Waals surface area contributed by atoms with Crippen molar-refractivity contribution in [3.8, 4) is 0 Å². The smallest absolute Gasteiger partial charge is 0.224 e. The lowest BCUT2D eigenvalue weighted by Crippen LogP contribution is -2.44. The Balaban J connectivity index is 2.45. The zero-order valence-electron chi connectivity index (χ0n) is 9.67. The molecule has 1 aliphatic rings. The third kappa shape index (κ3) is 3.16. The predicted molar refractivity (Wildman–Crippen MR) is 65.5 cm³/mol. The fraction of sp³-hybridized carbons (Fsp3) is 0.818. The quantitative estimate of drug-likeness (QED) is 0.703. The zero-order valence-corrected chi connectivity index (χ0v) is 10.5.